The van der Waals surface area contributed by atoms with E-state index in [2.05, 4.69) is 27.4 Å². The molecule has 3 aliphatic heterocycles. The average molecular weight is 417 g/mol. The Morgan fingerprint density at radius 1 is 1.21 bits per heavy atom. The maximum Gasteiger partial charge on any atom is 0.251 e. The lowest BCUT2D eigenvalue weighted by Gasteiger charge is -2.49. The number of anilines is 1. The Labute approximate surface area is 173 Å². The quantitative estimate of drug-likeness (QED) is 0.781. The van der Waals surface area contributed by atoms with Gasteiger partial charge >= 0.3 is 0 Å². The molecule has 8 heteroatoms. The van der Waals surface area contributed by atoms with Gasteiger partial charge in [0.2, 0.25) is 5.91 Å². The van der Waals surface area contributed by atoms with Gasteiger partial charge in [0, 0.05) is 29.5 Å². The van der Waals surface area contributed by atoms with Crippen molar-refractivity contribution in [2.45, 2.75) is 47.9 Å². The third-order valence-electron chi connectivity index (χ3n) is 5.58. The van der Waals surface area contributed by atoms with Gasteiger partial charge in [-0.2, -0.15) is 0 Å². The summed E-state index contributed by atoms with van der Waals surface area (Å²) >= 11 is 3.00. The summed E-state index contributed by atoms with van der Waals surface area (Å²) in [6, 6.07) is 8.32. The van der Waals surface area contributed by atoms with Crippen molar-refractivity contribution >= 4 is 40.0 Å². The molecule has 0 radical (unpaired) electrons. The number of nitrogens with zero attached hydrogens (tertiary/aromatic N) is 2. The van der Waals surface area contributed by atoms with Crippen LogP contribution in [0, 0.1) is 5.92 Å². The molecule has 3 aliphatic rings. The molecule has 2 amide bonds. The molecule has 4 heterocycles. The van der Waals surface area contributed by atoms with Gasteiger partial charge in [0.15, 0.2) is 5.13 Å². The summed E-state index contributed by atoms with van der Waals surface area (Å²) in [4.78, 5) is 31.5. The minimum atomic E-state index is -0.126. The molecule has 1 aromatic heterocycles. The third kappa shape index (κ3) is 4.24. The van der Waals surface area contributed by atoms with Crippen LogP contribution in [0.5, 0.6) is 0 Å². The molecule has 2 atom stereocenters. The van der Waals surface area contributed by atoms with Crippen molar-refractivity contribution in [1.29, 1.82) is 0 Å². The second kappa shape index (κ2) is 8.23. The summed E-state index contributed by atoms with van der Waals surface area (Å²) < 4.78 is 0.988. The van der Waals surface area contributed by atoms with Crippen molar-refractivity contribution in [3.63, 3.8) is 0 Å². The number of aromatic nitrogens is 1. The number of hydrogen-bond donors (Lipinski definition) is 2. The van der Waals surface area contributed by atoms with Gasteiger partial charge < -0.3 is 10.6 Å². The molecule has 3 fully saturated rings. The molecule has 2 N–H and O–H groups in total. The number of carbonyl (C=O) groups is 2. The summed E-state index contributed by atoms with van der Waals surface area (Å²) in [6.07, 6.45) is 4.11. The Hall–Kier alpha value is -1.90. The van der Waals surface area contributed by atoms with E-state index < -0.39 is 0 Å². The molecule has 2 bridgehead atoms. The van der Waals surface area contributed by atoms with Crippen molar-refractivity contribution in [3.05, 3.63) is 36.0 Å². The van der Waals surface area contributed by atoms with Gasteiger partial charge in [0.05, 0.1) is 10.4 Å². The Morgan fingerprint density at radius 3 is 2.57 bits per heavy atom. The Bertz CT molecular complexity index is 857. The Kier molecular flexibility index (Phi) is 5.70. The third-order valence-corrected chi connectivity index (χ3v) is 7.60. The number of piperidine rings is 3. The summed E-state index contributed by atoms with van der Waals surface area (Å²) in [7, 11) is 0. The highest BCUT2D eigenvalue weighted by Crippen LogP contribution is 2.34. The Morgan fingerprint density at radius 2 is 1.93 bits per heavy atom. The van der Waals surface area contributed by atoms with Crippen LogP contribution in [0.4, 0.5) is 5.13 Å². The summed E-state index contributed by atoms with van der Waals surface area (Å²) in [5, 5.41) is 6.55. The van der Waals surface area contributed by atoms with E-state index in [1.54, 1.807) is 18.0 Å². The topological polar surface area (TPSA) is 74.3 Å². The van der Waals surface area contributed by atoms with Gasteiger partial charge in [0.25, 0.3) is 5.91 Å². The van der Waals surface area contributed by atoms with Gasteiger partial charge in [0.1, 0.15) is 0 Å². The number of carbonyl (C=O) groups excluding carboxylic acids is 2. The normalized spacial score (nSPS) is 26.1. The fourth-order valence-corrected chi connectivity index (χ4v) is 5.98. The fourth-order valence-electron chi connectivity index (χ4n) is 4.09. The first-order valence-corrected chi connectivity index (χ1v) is 11.2. The average Bonchev–Trinajstić information content (AvgIpc) is 3.11. The van der Waals surface area contributed by atoms with Gasteiger partial charge in [-0.05, 0) is 63.0 Å². The predicted octanol–water partition coefficient (Wildman–Crippen LogP) is 3.47. The molecule has 3 saturated heterocycles. The van der Waals surface area contributed by atoms with Gasteiger partial charge in [-0.3, -0.25) is 14.5 Å². The maximum atomic E-state index is 12.7. The lowest BCUT2D eigenvalue weighted by atomic mass is 9.79. The number of benzene rings is 1. The fraction of sp³-hybridized carbons (Fsp3) is 0.450. The van der Waals surface area contributed by atoms with Crippen LogP contribution in [0.15, 0.2) is 39.6 Å². The van der Waals surface area contributed by atoms with Crippen molar-refractivity contribution in [2.24, 2.45) is 5.92 Å². The highest BCUT2D eigenvalue weighted by molar-refractivity contribution is 8.01. The largest absolute Gasteiger partial charge is 0.347 e. The van der Waals surface area contributed by atoms with Crippen LogP contribution >= 0.6 is 23.1 Å². The number of nitrogens with one attached hydrogen (secondary N) is 2. The van der Waals surface area contributed by atoms with E-state index in [4.69, 9.17) is 0 Å². The minimum Gasteiger partial charge on any atom is -0.347 e. The molecule has 2 aromatic rings. The first-order chi connectivity index (χ1) is 13.5. The van der Waals surface area contributed by atoms with E-state index in [1.807, 2.05) is 24.3 Å². The molecule has 0 unspecified atom stereocenters. The molecule has 0 saturated carbocycles. The zero-order chi connectivity index (χ0) is 19.7. The van der Waals surface area contributed by atoms with E-state index in [0.717, 1.165) is 22.2 Å². The van der Waals surface area contributed by atoms with Crippen LogP contribution in [0.25, 0.3) is 0 Å². The van der Waals surface area contributed by atoms with E-state index in [-0.39, 0.29) is 17.9 Å². The van der Waals surface area contributed by atoms with Gasteiger partial charge in [-0.25, -0.2) is 4.98 Å². The van der Waals surface area contributed by atoms with Gasteiger partial charge in [-0.1, -0.05) is 23.1 Å². The standard InChI is InChI=1S/C20H24N4O2S2/c1-12-18(14-7-9-24(12)10-8-14)23-19(26)15-3-5-16(6-4-15)27-17-11-21-20(28-17)22-13(2)25/h3-6,11-12,14,18H,7-10H2,1-2H3,(H,23,26)(H,21,22,25)/t12-,18-/m0/s1. The number of thiazole rings is 1. The zero-order valence-corrected chi connectivity index (χ0v) is 17.6. The molecule has 28 heavy (non-hydrogen) atoms. The second-order valence-corrected chi connectivity index (χ2v) is 9.81. The van der Waals surface area contributed by atoms with E-state index in [9.17, 15) is 9.59 Å². The summed E-state index contributed by atoms with van der Waals surface area (Å²) in [6.45, 7) is 6.01. The van der Waals surface area contributed by atoms with Crippen molar-refractivity contribution in [1.82, 2.24) is 15.2 Å². The van der Waals surface area contributed by atoms with Crippen LogP contribution < -0.4 is 10.6 Å². The van der Waals surface area contributed by atoms with Crippen LogP contribution in [-0.2, 0) is 4.79 Å². The lowest BCUT2D eigenvalue weighted by Crippen LogP contribution is -2.62. The highest BCUT2D eigenvalue weighted by atomic mass is 32.2. The summed E-state index contributed by atoms with van der Waals surface area (Å²) in [5.74, 6) is 0.481. The minimum absolute atomic E-state index is 0.00730. The zero-order valence-electron chi connectivity index (χ0n) is 16.0. The molecule has 1 aromatic carbocycles. The Balaban J connectivity index is 1.37. The van der Waals surface area contributed by atoms with Gasteiger partial charge in [-0.15, -0.1) is 0 Å². The number of rotatable bonds is 5. The van der Waals surface area contributed by atoms with Crippen molar-refractivity contribution in [2.75, 3.05) is 18.4 Å². The summed E-state index contributed by atoms with van der Waals surface area (Å²) in [5.41, 5.74) is 0.691. The molecule has 0 aliphatic carbocycles. The molecule has 148 valence electrons. The SMILES string of the molecule is CC(=O)Nc1ncc(Sc2ccc(C(=O)N[C@@H]3C4CCN(CC4)[C@H]3C)cc2)s1. The molecule has 5 rings (SSSR count). The number of hydrogen-bond acceptors (Lipinski definition) is 6. The predicted molar refractivity (Wildman–Crippen MR) is 112 cm³/mol. The first kappa shape index (κ1) is 19.4. The number of fused-ring (bicyclic) bond motifs is 3. The van der Waals surface area contributed by atoms with Crippen LogP contribution in [0.3, 0.4) is 0 Å². The molecule has 0 spiro atoms. The van der Waals surface area contributed by atoms with Crippen LogP contribution in [0.2, 0.25) is 0 Å². The lowest BCUT2D eigenvalue weighted by molar-refractivity contribution is -0.114. The van der Waals surface area contributed by atoms with Crippen molar-refractivity contribution < 1.29 is 9.59 Å². The molecular formula is C20H24N4O2S2. The maximum absolute atomic E-state index is 12.7. The van der Waals surface area contributed by atoms with E-state index >= 15 is 0 Å². The van der Waals surface area contributed by atoms with E-state index in [1.165, 1.54) is 31.1 Å². The van der Waals surface area contributed by atoms with Crippen molar-refractivity contribution in [3.8, 4) is 0 Å². The second-order valence-electron chi connectivity index (χ2n) is 7.41. The monoisotopic (exact) mass is 416 g/mol. The molecular weight excluding hydrogens is 392 g/mol. The van der Waals surface area contributed by atoms with Crippen LogP contribution in [-0.4, -0.2) is 46.9 Å². The van der Waals surface area contributed by atoms with Crippen LogP contribution in [0.1, 0.15) is 37.0 Å². The first-order valence-electron chi connectivity index (χ1n) is 9.56. The van der Waals surface area contributed by atoms with E-state index in [0.29, 0.717) is 22.7 Å². The smallest absolute Gasteiger partial charge is 0.251 e. The molecule has 6 nitrogen and oxygen atoms in total. The number of amides is 2. The highest BCUT2D eigenvalue weighted by Gasteiger charge is 2.40.